The van der Waals surface area contributed by atoms with E-state index in [0.29, 0.717) is 23.6 Å². The minimum Gasteiger partial charge on any atom is -0.379 e. The maximum Gasteiger partial charge on any atom is 0.280 e. The number of hydrogen-bond acceptors (Lipinski definition) is 8. The zero-order valence-electron chi connectivity index (χ0n) is 13.9. The van der Waals surface area contributed by atoms with E-state index in [2.05, 4.69) is 35.2 Å². The Morgan fingerprint density at radius 1 is 1.15 bits per heavy atom. The molecule has 5 N–H and O–H groups in total. The fraction of sp³-hybridized carbons (Fsp3) is 0.0588. The van der Waals surface area contributed by atoms with Gasteiger partial charge in [0, 0.05) is 23.6 Å². The lowest BCUT2D eigenvalue weighted by Crippen LogP contribution is -2.15. The highest BCUT2D eigenvalue weighted by molar-refractivity contribution is 6.06. The van der Waals surface area contributed by atoms with Gasteiger partial charge in [0.1, 0.15) is 0 Å². The average molecular weight is 362 g/mol. The molecular formula is C17H14N8O2. The molecular weight excluding hydrogens is 348 g/mol. The van der Waals surface area contributed by atoms with Crippen molar-refractivity contribution in [1.29, 1.82) is 0 Å². The number of ketones is 1. The van der Waals surface area contributed by atoms with Crippen molar-refractivity contribution >= 4 is 28.6 Å². The van der Waals surface area contributed by atoms with E-state index in [1.165, 1.54) is 12.4 Å². The third-order valence-electron chi connectivity index (χ3n) is 3.82. The normalized spacial score (nSPS) is 10.8. The number of fused-ring (bicyclic) bond motifs is 1. The molecule has 3 heterocycles. The largest absolute Gasteiger partial charge is 0.379 e. The van der Waals surface area contributed by atoms with E-state index in [-0.39, 0.29) is 22.9 Å². The summed E-state index contributed by atoms with van der Waals surface area (Å²) in [7, 11) is 0. The van der Waals surface area contributed by atoms with E-state index in [0.717, 1.165) is 5.69 Å². The molecule has 4 aromatic rings. The van der Waals surface area contributed by atoms with E-state index in [9.17, 15) is 9.59 Å². The predicted molar refractivity (Wildman–Crippen MR) is 98.2 cm³/mol. The first-order valence-corrected chi connectivity index (χ1v) is 7.99. The molecule has 0 aliphatic rings. The molecule has 134 valence electrons. The van der Waals surface area contributed by atoms with Crippen LogP contribution in [-0.2, 0) is 6.54 Å². The first-order chi connectivity index (χ1) is 13.1. The molecule has 0 atom stereocenters. The second-order valence-electron chi connectivity index (χ2n) is 5.68. The molecule has 0 unspecified atom stereocenters. The van der Waals surface area contributed by atoms with Crippen LogP contribution in [0.25, 0.3) is 11.2 Å². The predicted octanol–water partition coefficient (Wildman–Crippen LogP) is 0.861. The summed E-state index contributed by atoms with van der Waals surface area (Å²) in [5.74, 6) is 0.108. The number of aromatic amines is 2. The highest BCUT2D eigenvalue weighted by atomic mass is 16.1. The molecule has 0 fully saturated rings. The van der Waals surface area contributed by atoms with Crippen LogP contribution < -0.4 is 16.6 Å². The number of nitrogens with one attached hydrogen (secondary N) is 3. The summed E-state index contributed by atoms with van der Waals surface area (Å²) in [5.41, 5.74) is 7.25. The maximum atomic E-state index is 12.2. The number of nitrogen functional groups attached to an aromatic ring is 1. The molecule has 0 bridgehead atoms. The lowest BCUT2D eigenvalue weighted by atomic mass is 10.1. The zero-order valence-corrected chi connectivity index (χ0v) is 13.9. The maximum absolute atomic E-state index is 12.2. The van der Waals surface area contributed by atoms with Crippen LogP contribution in [0.4, 0.5) is 11.6 Å². The Morgan fingerprint density at radius 3 is 2.70 bits per heavy atom. The fourth-order valence-corrected chi connectivity index (χ4v) is 2.51. The Kier molecular flexibility index (Phi) is 4.05. The number of nitrogens with two attached hydrogens (primary N) is 1. The number of benzene rings is 1. The van der Waals surface area contributed by atoms with Crippen LogP contribution in [0.3, 0.4) is 0 Å². The second kappa shape index (κ2) is 6.67. The van der Waals surface area contributed by atoms with Gasteiger partial charge in [0.25, 0.3) is 5.56 Å². The second-order valence-corrected chi connectivity index (χ2v) is 5.68. The summed E-state index contributed by atoms with van der Waals surface area (Å²) >= 11 is 0. The number of carbonyl (C=O) groups excluding carboxylic acids is 1. The van der Waals surface area contributed by atoms with Crippen molar-refractivity contribution in [3.63, 3.8) is 0 Å². The quantitative estimate of drug-likeness (QED) is 0.381. The molecule has 0 saturated heterocycles. The van der Waals surface area contributed by atoms with E-state index in [4.69, 9.17) is 5.73 Å². The molecule has 3 aromatic heterocycles. The van der Waals surface area contributed by atoms with E-state index in [1.807, 2.05) is 0 Å². The van der Waals surface area contributed by atoms with Gasteiger partial charge in [0.15, 0.2) is 17.0 Å². The highest BCUT2D eigenvalue weighted by Gasteiger charge is 2.11. The third-order valence-corrected chi connectivity index (χ3v) is 3.82. The van der Waals surface area contributed by atoms with Gasteiger partial charge in [-0.3, -0.25) is 14.6 Å². The van der Waals surface area contributed by atoms with E-state index in [1.54, 1.807) is 30.5 Å². The standard InChI is InChI=1S/C17H14N8O2/c18-17-24-14-12(16(27)25-17)23-11(8-22-14)7-21-10-3-1-9(2-4-10)13(26)15-19-5-6-20-15/h1-6,8,21H,7H2,(H,19,20)(H3,18,22,24,25,27). The van der Waals surface area contributed by atoms with Gasteiger partial charge in [0.05, 0.1) is 18.4 Å². The first kappa shape index (κ1) is 16.4. The zero-order chi connectivity index (χ0) is 18.8. The Labute approximate surface area is 151 Å². The number of H-pyrrole nitrogens is 2. The monoisotopic (exact) mass is 362 g/mol. The Balaban J connectivity index is 1.48. The van der Waals surface area contributed by atoms with Gasteiger partial charge in [-0.05, 0) is 24.3 Å². The lowest BCUT2D eigenvalue weighted by Gasteiger charge is -2.07. The average Bonchev–Trinajstić information content (AvgIpc) is 3.21. The van der Waals surface area contributed by atoms with Gasteiger partial charge in [-0.15, -0.1) is 0 Å². The van der Waals surface area contributed by atoms with Gasteiger partial charge in [0.2, 0.25) is 11.7 Å². The molecule has 0 aliphatic carbocycles. The molecule has 0 spiro atoms. The van der Waals surface area contributed by atoms with Gasteiger partial charge in [-0.1, -0.05) is 0 Å². The minimum absolute atomic E-state index is 0.00291. The molecule has 10 heteroatoms. The van der Waals surface area contributed by atoms with Crippen molar-refractivity contribution in [3.8, 4) is 0 Å². The number of aromatic nitrogens is 6. The number of hydrogen-bond donors (Lipinski definition) is 4. The number of nitrogens with zero attached hydrogens (tertiary/aromatic N) is 4. The summed E-state index contributed by atoms with van der Waals surface area (Å²) in [4.78, 5) is 45.5. The molecule has 0 saturated carbocycles. The Bertz CT molecular complexity index is 1170. The van der Waals surface area contributed by atoms with Crippen LogP contribution in [-0.4, -0.2) is 35.7 Å². The summed E-state index contributed by atoms with van der Waals surface area (Å²) in [6, 6.07) is 6.97. The van der Waals surface area contributed by atoms with Gasteiger partial charge >= 0.3 is 0 Å². The number of anilines is 2. The molecule has 4 rings (SSSR count). The summed E-state index contributed by atoms with van der Waals surface area (Å²) in [6.45, 7) is 0.345. The van der Waals surface area contributed by atoms with Gasteiger partial charge < -0.3 is 16.0 Å². The number of imidazole rings is 1. The Morgan fingerprint density at radius 2 is 1.96 bits per heavy atom. The van der Waals surface area contributed by atoms with Crippen molar-refractivity contribution in [2.24, 2.45) is 0 Å². The third kappa shape index (κ3) is 3.35. The summed E-state index contributed by atoms with van der Waals surface area (Å²) in [6.07, 6.45) is 4.65. The molecule has 0 aliphatic heterocycles. The fourth-order valence-electron chi connectivity index (χ4n) is 2.51. The van der Waals surface area contributed by atoms with Crippen molar-refractivity contribution in [3.05, 3.63) is 70.3 Å². The van der Waals surface area contributed by atoms with Crippen molar-refractivity contribution in [2.75, 3.05) is 11.1 Å². The van der Waals surface area contributed by atoms with Crippen molar-refractivity contribution in [2.45, 2.75) is 6.54 Å². The topological polar surface area (TPSA) is 155 Å². The molecule has 0 amide bonds. The van der Waals surface area contributed by atoms with E-state index < -0.39 is 5.56 Å². The summed E-state index contributed by atoms with van der Waals surface area (Å²) in [5, 5.41) is 3.16. The lowest BCUT2D eigenvalue weighted by molar-refractivity contribution is 0.103. The summed E-state index contributed by atoms with van der Waals surface area (Å²) < 4.78 is 0. The number of rotatable bonds is 5. The SMILES string of the molecule is Nc1nc2ncc(CNc3ccc(C(=O)c4ncc[nH]4)cc3)nc2c(=O)[nH]1. The van der Waals surface area contributed by atoms with Crippen LogP contribution in [0.5, 0.6) is 0 Å². The van der Waals surface area contributed by atoms with Crippen LogP contribution >= 0.6 is 0 Å². The van der Waals surface area contributed by atoms with Crippen molar-refractivity contribution < 1.29 is 4.79 Å². The molecule has 27 heavy (non-hydrogen) atoms. The van der Waals surface area contributed by atoms with E-state index >= 15 is 0 Å². The minimum atomic E-state index is -0.437. The molecule has 1 aromatic carbocycles. The van der Waals surface area contributed by atoms with Crippen LogP contribution in [0.2, 0.25) is 0 Å². The van der Waals surface area contributed by atoms with Crippen LogP contribution in [0.15, 0.2) is 47.7 Å². The smallest absolute Gasteiger partial charge is 0.280 e. The molecule has 0 radical (unpaired) electrons. The van der Waals surface area contributed by atoms with Gasteiger partial charge in [-0.2, -0.15) is 4.98 Å². The van der Waals surface area contributed by atoms with Gasteiger partial charge in [-0.25, -0.2) is 15.0 Å². The van der Waals surface area contributed by atoms with Crippen LogP contribution in [0.1, 0.15) is 21.9 Å². The molecule has 10 nitrogen and oxygen atoms in total. The number of carbonyl (C=O) groups is 1. The highest BCUT2D eigenvalue weighted by Crippen LogP contribution is 2.13. The first-order valence-electron chi connectivity index (χ1n) is 7.99. The Hall–Kier alpha value is -4.08. The van der Waals surface area contributed by atoms with Crippen LogP contribution in [0, 0.1) is 0 Å². The van der Waals surface area contributed by atoms with Crippen molar-refractivity contribution in [1.82, 2.24) is 29.9 Å².